The van der Waals surface area contributed by atoms with E-state index in [1.54, 1.807) is 0 Å². The number of hydrogen-bond donors (Lipinski definition) is 1. The standard InChI is InChI=1S/C21H40O5P2/c1-7-21(8-2,28(24,25)26)27(22,23)17-11-16-20(6)15-10-14-19(5)13-9-12-18(3)4/h12,14,16H,7-11,13,15,17H2,1-6H3,(H,22,23)(H2,24,25,26)/p-2/b19-14+,20-16+. The lowest BCUT2D eigenvalue weighted by Gasteiger charge is -2.57. The highest BCUT2D eigenvalue weighted by atomic mass is 31.3. The van der Waals surface area contributed by atoms with E-state index in [0.717, 1.165) is 31.3 Å². The molecular formula is C21H38O5P2-2. The van der Waals surface area contributed by atoms with Crippen LogP contribution >= 0.6 is 15.3 Å². The van der Waals surface area contributed by atoms with E-state index in [9.17, 15) is 24.1 Å². The third-order valence-electron chi connectivity index (χ3n) is 5.34. The molecule has 0 radical (unpaired) electrons. The van der Waals surface area contributed by atoms with Crippen molar-refractivity contribution >= 4 is 15.3 Å². The van der Waals surface area contributed by atoms with Crippen molar-refractivity contribution in [2.24, 2.45) is 0 Å². The summed E-state index contributed by atoms with van der Waals surface area (Å²) >= 11 is 0. The molecule has 0 aliphatic carbocycles. The molecule has 164 valence electrons. The molecule has 0 aliphatic heterocycles. The minimum Gasteiger partial charge on any atom is -0.687 e. The smallest absolute Gasteiger partial charge is 0.241 e. The lowest BCUT2D eigenvalue weighted by atomic mass is 10.1. The summed E-state index contributed by atoms with van der Waals surface area (Å²) in [6, 6.07) is 0. The molecule has 0 bridgehead atoms. The molecule has 7 heteroatoms. The van der Waals surface area contributed by atoms with E-state index in [4.69, 9.17) is 0 Å². The average Bonchev–Trinajstić information content (AvgIpc) is 2.54. The lowest BCUT2D eigenvalue weighted by molar-refractivity contribution is -0.432. The van der Waals surface area contributed by atoms with Crippen molar-refractivity contribution in [2.75, 3.05) is 6.16 Å². The van der Waals surface area contributed by atoms with Gasteiger partial charge in [0.2, 0.25) is 7.37 Å². The molecule has 0 rings (SSSR count). The second-order valence-electron chi connectivity index (χ2n) is 7.86. The minimum absolute atomic E-state index is 0.138. The van der Waals surface area contributed by atoms with Crippen LogP contribution in [0, 0.1) is 0 Å². The predicted octanol–water partition coefficient (Wildman–Crippen LogP) is 4.43. The van der Waals surface area contributed by atoms with Crippen molar-refractivity contribution in [1.82, 2.24) is 0 Å². The van der Waals surface area contributed by atoms with Crippen LogP contribution < -0.4 is 14.7 Å². The monoisotopic (exact) mass is 432 g/mol. The molecule has 0 amide bonds. The Kier molecular flexibility index (Phi) is 12.3. The van der Waals surface area contributed by atoms with Gasteiger partial charge < -0.3 is 19.6 Å². The maximum absolute atomic E-state index is 12.7. The molecule has 0 fully saturated rings. The van der Waals surface area contributed by atoms with Gasteiger partial charge in [-0.2, -0.15) is 0 Å². The summed E-state index contributed by atoms with van der Waals surface area (Å²) in [7, 11) is -9.31. The Labute approximate surface area is 172 Å². The van der Waals surface area contributed by atoms with E-state index >= 15 is 0 Å². The van der Waals surface area contributed by atoms with Gasteiger partial charge in [0.05, 0.1) is 0 Å². The summed E-state index contributed by atoms with van der Waals surface area (Å²) in [5, 5.41) is 0. The highest BCUT2D eigenvalue weighted by molar-refractivity contribution is 7.76. The zero-order valence-electron chi connectivity index (χ0n) is 18.4. The molecule has 0 aromatic rings. The van der Waals surface area contributed by atoms with Crippen molar-refractivity contribution in [3.05, 3.63) is 34.9 Å². The molecule has 0 saturated carbocycles. The molecule has 0 spiro atoms. The molecular weight excluding hydrogens is 394 g/mol. The van der Waals surface area contributed by atoms with Gasteiger partial charge >= 0.3 is 0 Å². The highest BCUT2D eigenvalue weighted by Crippen LogP contribution is 2.72. The lowest BCUT2D eigenvalue weighted by Crippen LogP contribution is -2.49. The van der Waals surface area contributed by atoms with E-state index in [-0.39, 0.29) is 19.0 Å². The van der Waals surface area contributed by atoms with Gasteiger partial charge in [0.15, 0.2) is 0 Å². The topological polar surface area (TPSA) is 106 Å². The highest BCUT2D eigenvalue weighted by Gasteiger charge is 2.50. The summed E-state index contributed by atoms with van der Waals surface area (Å²) in [5.74, 6) is 0. The molecule has 1 atom stereocenters. The molecule has 0 aromatic heterocycles. The first kappa shape index (κ1) is 27.7. The second kappa shape index (κ2) is 12.4. The van der Waals surface area contributed by atoms with Gasteiger partial charge in [-0.3, -0.25) is 4.57 Å². The quantitative estimate of drug-likeness (QED) is 0.342. The van der Waals surface area contributed by atoms with E-state index < -0.39 is 20.2 Å². The van der Waals surface area contributed by atoms with Crippen LogP contribution in [0.15, 0.2) is 34.9 Å². The fraction of sp³-hybridized carbons (Fsp3) is 0.714. The van der Waals surface area contributed by atoms with Crippen LogP contribution in [0.5, 0.6) is 0 Å². The summed E-state index contributed by atoms with van der Waals surface area (Å²) in [4.78, 5) is 43.4. The number of rotatable bonds is 13. The summed E-state index contributed by atoms with van der Waals surface area (Å²) in [6.07, 6.45) is 10.0. The fourth-order valence-electron chi connectivity index (χ4n) is 3.36. The van der Waals surface area contributed by atoms with Crippen LogP contribution in [0.2, 0.25) is 0 Å². The molecule has 28 heavy (non-hydrogen) atoms. The van der Waals surface area contributed by atoms with Gasteiger partial charge in [-0.15, -0.1) is 7.94 Å². The van der Waals surface area contributed by atoms with Crippen LogP contribution in [0.25, 0.3) is 0 Å². The van der Waals surface area contributed by atoms with Gasteiger partial charge in [0, 0.05) is 6.16 Å². The average molecular weight is 432 g/mol. The Morgan fingerprint density at radius 2 is 1.32 bits per heavy atom. The zero-order valence-corrected chi connectivity index (χ0v) is 20.2. The Bertz CT molecular complexity index is 607. The predicted molar refractivity (Wildman–Crippen MR) is 115 cm³/mol. The van der Waals surface area contributed by atoms with Gasteiger partial charge in [-0.25, -0.2) is 0 Å². The number of hydrogen-bond acceptors (Lipinski definition) is 4. The SMILES string of the molecule is CCC(CC)(P(=O)(O)CC/C=C(\C)CC/C=C(\C)CCC=C(C)C)[P+]([O-])([O-])[O-]. The molecule has 5 nitrogen and oxygen atoms in total. The Hall–Kier alpha value is -0.280. The van der Waals surface area contributed by atoms with Crippen LogP contribution in [0.4, 0.5) is 0 Å². The largest absolute Gasteiger partial charge is 0.687 e. The van der Waals surface area contributed by atoms with E-state index in [0.29, 0.717) is 6.42 Å². The number of allylic oxidation sites excluding steroid dienone is 6. The van der Waals surface area contributed by atoms with E-state index in [1.807, 2.05) is 13.0 Å². The van der Waals surface area contributed by atoms with Crippen molar-refractivity contribution in [3.63, 3.8) is 0 Å². The zero-order chi connectivity index (χ0) is 22.0. The van der Waals surface area contributed by atoms with Crippen LogP contribution in [-0.4, -0.2) is 16.0 Å². The van der Waals surface area contributed by atoms with Crippen LogP contribution in [0.1, 0.15) is 86.5 Å². The van der Waals surface area contributed by atoms with Crippen LogP contribution in [-0.2, 0) is 4.57 Å². The maximum atomic E-state index is 12.7. The first-order valence-electron chi connectivity index (χ1n) is 10.1. The summed E-state index contributed by atoms with van der Waals surface area (Å²) < 4.78 is 12.7. The van der Waals surface area contributed by atoms with E-state index in [2.05, 4.69) is 32.9 Å². The first-order valence-corrected chi connectivity index (χ1v) is 13.5. The van der Waals surface area contributed by atoms with Crippen LogP contribution in [0.3, 0.4) is 0 Å². The van der Waals surface area contributed by atoms with E-state index in [1.165, 1.54) is 25.0 Å². The fourth-order valence-corrected chi connectivity index (χ4v) is 7.84. The normalized spacial score (nSPS) is 16.1. The molecule has 1 unspecified atom stereocenters. The van der Waals surface area contributed by atoms with Crippen molar-refractivity contribution in [1.29, 1.82) is 0 Å². The van der Waals surface area contributed by atoms with Crippen molar-refractivity contribution < 1.29 is 24.1 Å². The Morgan fingerprint density at radius 3 is 1.71 bits per heavy atom. The first-order chi connectivity index (χ1) is 12.8. The summed E-state index contributed by atoms with van der Waals surface area (Å²) in [6.45, 7) is 11.3. The Balaban J connectivity index is 4.72. The summed E-state index contributed by atoms with van der Waals surface area (Å²) in [5.41, 5.74) is 3.77. The van der Waals surface area contributed by atoms with Gasteiger partial charge in [-0.05, 0) is 72.6 Å². The molecule has 0 aliphatic rings. The Morgan fingerprint density at radius 1 is 0.893 bits per heavy atom. The van der Waals surface area contributed by atoms with Gasteiger partial charge in [0.1, 0.15) is 4.90 Å². The third kappa shape index (κ3) is 8.61. The molecule has 0 heterocycles. The van der Waals surface area contributed by atoms with Gasteiger partial charge in [0.25, 0.3) is 0 Å². The third-order valence-corrected chi connectivity index (χ3v) is 11.5. The molecule has 0 saturated heterocycles. The van der Waals surface area contributed by atoms with Gasteiger partial charge in [-0.1, -0.05) is 48.8 Å². The maximum Gasteiger partial charge on any atom is 0.241 e. The molecule has 1 N–H and O–H groups in total. The second-order valence-corrected chi connectivity index (χ2v) is 12.8. The molecule has 0 aromatic carbocycles. The van der Waals surface area contributed by atoms with Crippen molar-refractivity contribution in [2.45, 2.75) is 91.4 Å². The van der Waals surface area contributed by atoms with Crippen molar-refractivity contribution in [3.8, 4) is 0 Å². The minimum atomic E-state index is -5.18.